The number of Topliss-reactive ketones (excluding diaryl/α,β-unsaturated/α-hetero) is 1. The van der Waals surface area contributed by atoms with Crippen molar-refractivity contribution in [3.8, 4) is 0 Å². The molecular formula is C11H18O2. The van der Waals surface area contributed by atoms with E-state index in [9.17, 15) is 9.90 Å². The van der Waals surface area contributed by atoms with E-state index in [1.54, 1.807) is 6.92 Å². The van der Waals surface area contributed by atoms with Crippen LogP contribution in [0.15, 0.2) is 0 Å². The van der Waals surface area contributed by atoms with Gasteiger partial charge in [0.2, 0.25) is 0 Å². The first-order valence-corrected chi connectivity index (χ1v) is 5.25. The van der Waals surface area contributed by atoms with Crippen molar-refractivity contribution in [1.29, 1.82) is 0 Å². The lowest BCUT2D eigenvalue weighted by Gasteiger charge is -2.26. The lowest BCUT2D eigenvalue weighted by atomic mass is 9.83. The third-order valence-corrected chi connectivity index (χ3v) is 3.93. The zero-order valence-electron chi connectivity index (χ0n) is 8.42. The second-order valence-electron chi connectivity index (χ2n) is 5.00. The van der Waals surface area contributed by atoms with Crippen molar-refractivity contribution in [2.24, 2.45) is 17.8 Å². The maximum absolute atomic E-state index is 11.4. The molecule has 2 aliphatic rings. The van der Waals surface area contributed by atoms with Gasteiger partial charge in [0.15, 0.2) is 0 Å². The predicted molar refractivity (Wildman–Crippen MR) is 50.2 cm³/mol. The minimum Gasteiger partial charge on any atom is -0.389 e. The molecular weight excluding hydrogens is 164 g/mol. The summed E-state index contributed by atoms with van der Waals surface area (Å²) in [6, 6.07) is 0. The van der Waals surface area contributed by atoms with Crippen LogP contribution in [0, 0.1) is 17.8 Å². The summed E-state index contributed by atoms with van der Waals surface area (Å²) in [4.78, 5) is 11.4. The van der Waals surface area contributed by atoms with Gasteiger partial charge in [0.1, 0.15) is 5.78 Å². The van der Waals surface area contributed by atoms with Crippen molar-refractivity contribution in [1.82, 2.24) is 0 Å². The van der Waals surface area contributed by atoms with E-state index in [1.807, 2.05) is 6.92 Å². The van der Waals surface area contributed by atoms with Crippen LogP contribution in [0.1, 0.15) is 39.5 Å². The van der Waals surface area contributed by atoms with Gasteiger partial charge < -0.3 is 5.11 Å². The normalized spacial score (nSPS) is 49.3. The Kier molecular flexibility index (Phi) is 1.99. The number of hydrogen-bond acceptors (Lipinski definition) is 2. The van der Waals surface area contributed by atoms with Gasteiger partial charge in [-0.25, -0.2) is 0 Å². The molecule has 0 saturated heterocycles. The van der Waals surface area contributed by atoms with E-state index in [-0.39, 0.29) is 11.7 Å². The van der Waals surface area contributed by atoms with Gasteiger partial charge >= 0.3 is 0 Å². The minimum absolute atomic E-state index is 0.0833. The Morgan fingerprint density at radius 2 is 2.15 bits per heavy atom. The van der Waals surface area contributed by atoms with Crippen LogP contribution in [0.5, 0.6) is 0 Å². The molecule has 0 radical (unpaired) electrons. The summed E-state index contributed by atoms with van der Waals surface area (Å²) in [7, 11) is 0. The maximum Gasteiger partial charge on any atom is 0.136 e. The molecule has 2 rings (SSSR count). The number of fused-ring (bicyclic) bond motifs is 1. The van der Waals surface area contributed by atoms with Crippen molar-refractivity contribution in [3.05, 3.63) is 0 Å². The molecule has 13 heavy (non-hydrogen) atoms. The van der Waals surface area contributed by atoms with Crippen LogP contribution < -0.4 is 0 Å². The fraction of sp³-hybridized carbons (Fsp3) is 0.909. The van der Waals surface area contributed by atoms with Gasteiger partial charge in [-0.05, 0) is 38.5 Å². The molecule has 0 unspecified atom stereocenters. The standard InChI is InChI=1S/C11H18O2/c1-7(12)10-9-5-3-4-8(9)6-11(10,2)13/h8-10,13H,3-6H2,1-2H3/t8-,9-,10+,11+/m0/s1. The molecule has 2 aliphatic carbocycles. The van der Waals surface area contributed by atoms with Gasteiger partial charge in [-0.15, -0.1) is 0 Å². The first kappa shape index (κ1) is 9.20. The Hall–Kier alpha value is -0.370. The van der Waals surface area contributed by atoms with Crippen LogP contribution in [0.4, 0.5) is 0 Å². The minimum atomic E-state index is -0.721. The summed E-state index contributed by atoms with van der Waals surface area (Å²) in [6.07, 6.45) is 4.44. The summed E-state index contributed by atoms with van der Waals surface area (Å²) >= 11 is 0. The first-order valence-electron chi connectivity index (χ1n) is 5.25. The van der Waals surface area contributed by atoms with Crippen LogP contribution in [0.3, 0.4) is 0 Å². The molecule has 0 aromatic rings. The van der Waals surface area contributed by atoms with Crippen LogP contribution in [-0.2, 0) is 4.79 Å². The molecule has 0 aromatic heterocycles. The van der Waals surface area contributed by atoms with Crippen molar-refractivity contribution >= 4 is 5.78 Å². The van der Waals surface area contributed by atoms with Crippen molar-refractivity contribution in [2.75, 3.05) is 0 Å². The summed E-state index contributed by atoms with van der Waals surface area (Å²) in [5.41, 5.74) is -0.721. The lowest BCUT2D eigenvalue weighted by molar-refractivity contribution is -0.128. The lowest BCUT2D eigenvalue weighted by Crippen LogP contribution is -2.36. The maximum atomic E-state index is 11.4. The molecule has 0 aliphatic heterocycles. The zero-order valence-corrected chi connectivity index (χ0v) is 8.42. The number of aliphatic hydroxyl groups is 1. The van der Waals surface area contributed by atoms with Crippen LogP contribution in [0.25, 0.3) is 0 Å². The average Bonchev–Trinajstić information content (AvgIpc) is 2.41. The Morgan fingerprint density at radius 3 is 2.77 bits per heavy atom. The molecule has 1 N–H and O–H groups in total. The summed E-state index contributed by atoms with van der Waals surface area (Å²) < 4.78 is 0. The van der Waals surface area contributed by atoms with Gasteiger partial charge in [0, 0.05) is 5.92 Å². The highest BCUT2D eigenvalue weighted by molar-refractivity contribution is 5.80. The van der Waals surface area contributed by atoms with E-state index in [4.69, 9.17) is 0 Å². The molecule has 0 spiro atoms. The predicted octanol–water partition coefficient (Wildman–Crippen LogP) is 1.76. The SMILES string of the molecule is CC(=O)[C@@H]1[C@H]2CCC[C@H]2C[C@@]1(C)O. The summed E-state index contributed by atoms with van der Waals surface area (Å²) in [5.74, 6) is 1.19. The Balaban J connectivity index is 2.25. The third-order valence-electron chi connectivity index (χ3n) is 3.93. The zero-order chi connectivity index (χ0) is 9.64. The van der Waals surface area contributed by atoms with Gasteiger partial charge in [-0.2, -0.15) is 0 Å². The summed E-state index contributed by atoms with van der Waals surface area (Å²) in [5, 5.41) is 10.1. The van der Waals surface area contributed by atoms with E-state index in [0.29, 0.717) is 11.8 Å². The molecule has 2 saturated carbocycles. The van der Waals surface area contributed by atoms with E-state index >= 15 is 0 Å². The Labute approximate surface area is 79.3 Å². The van der Waals surface area contributed by atoms with E-state index < -0.39 is 5.60 Å². The fourth-order valence-corrected chi connectivity index (χ4v) is 3.62. The topological polar surface area (TPSA) is 37.3 Å². The summed E-state index contributed by atoms with van der Waals surface area (Å²) in [6.45, 7) is 3.46. The average molecular weight is 182 g/mol. The highest BCUT2D eigenvalue weighted by Gasteiger charge is 2.53. The molecule has 0 amide bonds. The van der Waals surface area contributed by atoms with Crippen molar-refractivity contribution < 1.29 is 9.90 Å². The smallest absolute Gasteiger partial charge is 0.136 e. The third kappa shape index (κ3) is 1.32. The first-order chi connectivity index (χ1) is 6.02. The van der Waals surface area contributed by atoms with Crippen LogP contribution >= 0.6 is 0 Å². The fourth-order valence-electron chi connectivity index (χ4n) is 3.62. The number of rotatable bonds is 1. The van der Waals surface area contributed by atoms with E-state index in [2.05, 4.69) is 0 Å². The second kappa shape index (κ2) is 2.81. The van der Waals surface area contributed by atoms with Gasteiger partial charge in [0.05, 0.1) is 5.60 Å². The second-order valence-corrected chi connectivity index (χ2v) is 5.00. The van der Waals surface area contributed by atoms with Crippen molar-refractivity contribution in [3.63, 3.8) is 0 Å². The molecule has 0 bridgehead atoms. The van der Waals surface area contributed by atoms with E-state index in [1.165, 1.54) is 12.8 Å². The van der Waals surface area contributed by atoms with E-state index in [0.717, 1.165) is 12.8 Å². The number of hydrogen-bond donors (Lipinski definition) is 1. The molecule has 0 aromatic carbocycles. The van der Waals surface area contributed by atoms with Crippen LogP contribution in [-0.4, -0.2) is 16.5 Å². The monoisotopic (exact) mass is 182 g/mol. The van der Waals surface area contributed by atoms with Gasteiger partial charge in [-0.3, -0.25) is 4.79 Å². The molecule has 0 heterocycles. The highest BCUT2D eigenvalue weighted by Crippen LogP contribution is 2.52. The Morgan fingerprint density at radius 1 is 1.46 bits per heavy atom. The molecule has 2 heteroatoms. The van der Waals surface area contributed by atoms with Crippen molar-refractivity contribution in [2.45, 2.75) is 45.1 Å². The largest absolute Gasteiger partial charge is 0.389 e. The quantitative estimate of drug-likeness (QED) is 0.671. The highest BCUT2D eigenvalue weighted by atomic mass is 16.3. The number of carbonyl (C=O) groups excluding carboxylic acids is 1. The van der Waals surface area contributed by atoms with Gasteiger partial charge in [0.25, 0.3) is 0 Å². The van der Waals surface area contributed by atoms with Gasteiger partial charge in [-0.1, -0.05) is 12.8 Å². The number of ketones is 1. The molecule has 2 nitrogen and oxygen atoms in total. The number of carbonyl (C=O) groups is 1. The Bertz CT molecular complexity index is 232. The molecule has 4 atom stereocenters. The molecule has 74 valence electrons. The molecule has 2 fully saturated rings. The van der Waals surface area contributed by atoms with Crippen LogP contribution in [0.2, 0.25) is 0 Å².